The van der Waals surface area contributed by atoms with Gasteiger partial charge in [0.25, 0.3) is 0 Å². The Hall–Kier alpha value is -3.13. The Bertz CT molecular complexity index is 863. The number of aryl methyl sites for hydroxylation is 1. The molecule has 0 unspecified atom stereocenters. The molecule has 2 aromatic rings. The first kappa shape index (κ1) is 18.2. The van der Waals surface area contributed by atoms with Crippen molar-refractivity contribution in [2.45, 2.75) is 27.7 Å². The summed E-state index contributed by atoms with van der Waals surface area (Å²) in [5, 5.41) is 14.6. The van der Waals surface area contributed by atoms with Crippen LogP contribution in [0.3, 0.4) is 0 Å². The van der Waals surface area contributed by atoms with E-state index in [2.05, 4.69) is 10.6 Å². The van der Waals surface area contributed by atoms with Crippen LogP contribution in [0.1, 0.15) is 30.5 Å². The third-order valence-electron chi connectivity index (χ3n) is 4.28. The molecule has 2 aromatic carbocycles. The van der Waals surface area contributed by atoms with Gasteiger partial charge in [0, 0.05) is 5.69 Å². The summed E-state index contributed by atoms with van der Waals surface area (Å²) >= 11 is 0. The maximum atomic E-state index is 12.6. The second-order valence-electron chi connectivity index (χ2n) is 6.44. The molecule has 25 heavy (non-hydrogen) atoms. The topological polar surface area (TPSA) is 82.0 Å². The highest BCUT2D eigenvalue weighted by molar-refractivity contribution is 6.14. The number of nitriles is 1. The van der Waals surface area contributed by atoms with Crippen molar-refractivity contribution in [3.05, 3.63) is 59.2 Å². The van der Waals surface area contributed by atoms with Gasteiger partial charge in [-0.15, -0.1) is 0 Å². The Kier molecular flexibility index (Phi) is 5.23. The normalized spacial score (nSPS) is 10.7. The van der Waals surface area contributed by atoms with E-state index < -0.39 is 17.2 Å². The predicted molar refractivity (Wildman–Crippen MR) is 98.1 cm³/mol. The number of hydrogen-bond acceptors (Lipinski definition) is 3. The largest absolute Gasteiger partial charge is 0.325 e. The van der Waals surface area contributed by atoms with Gasteiger partial charge < -0.3 is 10.6 Å². The molecule has 0 bridgehead atoms. The van der Waals surface area contributed by atoms with Gasteiger partial charge in [0.15, 0.2) is 0 Å². The lowest BCUT2D eigenvalue weighted by molar-refractivity contribution is -0.135. The molecule has 128 valence electrons. The molecule has 0 saturated heterocycles. The number of carbonyl (C=O) groups excluding carboxylic acids is 2. The number of anilines is 2. The Morgan fingerprint density at radius 2 is 1.48 bits per heavy atom. The van der Waals surface area contributed by atoms with E-state index in [1.165, 1.54) is 0 Å². The van der Waals surface area contributed by atoms with Gasteiger partial charge in [-0.1, -0.05) is 24.3 Å². The molecule has 0 aromatic heterocycles. The molecular formula is C20H21N3O2. The van der Waals surface area contributed by atoms with Crippen molar-refractivity contribution in [1.29, 1.82) is 5.26 Å². The molecule has 0 aliphatic carbocycles. The minimum atomic E-state index is -1.31. The van der Waals surface area contributed by atoms with Gasteiger partial charge in [0.1, 0.15) is 11.5 Å². The summed E-state index contributed by atoms with van der Waals surface area (Å²) in [6.45, 7) is 6.98. The first-order chi connectivity index (χ1) is 11.8. The molecular weight excluding hydrogens is 314 g/mol. The molecule has 0 atom stereocenters. The number of nitrogens with zero attached hydrogens (tertiary/aromatic N) is 1. The molecule has 5 heteroatoms. The monoisotopic (exact) mass is 335 g/mol. The van der Waals surface area contributed by atoms with Crippen molar-refractivity contribution in [3.63, 3.8) is 0 Å². The Morgan fingerprint density at radius 3 is 2.12 bits per heavy atom. The zero-order valence-corrected chi connectivity index (χ0v) is 14.8. The summed E-state index contributed by atoms with van der Waals surface area (Å²) < 4.78 is 0. The Morgan fingerprint density at radius 1 is 0.920 bits per heavy atom. The smallest absolute Gasteiger partial charge is 0.239 e. The Balaban J connectivity index is 2.19. The number of amides is 2. The third kappa shape index (κ3) is 3.86. The van der Waals surface area contributed by atoms with Crippen LogP contribution in [-0.2, 0) is 9.59 Å². The van der Waals surface area contributed by atoms with Crippen LogP contribution >= 0.6 is 0 Å². The number of carbonyl (C=O) groups is 2. The maximum absolute atomic E-state index is 12.6. The fourth-order valence-corrected chi connectivity index (χ4v) is 2.24. The van der Waals surface area contributed by atoms with Gasteiger partial charge in [-0.25, -0.2) is 0 Å². The molecule has 2 rings (SSSR count). The maximum Gasteiger partial charge on any atom is 0.239 e. The molecule has 2 amide bonds. The van der Waals surface area contributed by atoms with Crippen molar-refractivity contribution < 1.29 is 9.59 Å². The molecule has 0 radical (unpaired) electrons. The third-order valence-corrected chi connectivity index (χ3v) is 4.28. The molecule has 0 spiro atoms. The van der Waals surface area contributed by atoms with E-state index in [4.69, 9.17) is 5.26 Å². The zero-order valence-electron chi connectivity index (χ0n) is 14.8. The number of hydrogen-bond donors (Lipinski definition) is 2. The van der Waals surface area contributed by atoms with Crippen LogP contribution in [0.15, 0.2) is 42.5 Å². The van der Waals surface area contributed by atoms with Crippen LogP contribution in [0.5, 0.6) is 0 Å². The van der Waals surface area contributed by atoms with Gasteiger partial charge in [-0.3, -0.25) is 9.59 Å². The van der Waals surface area contributed by atoms with Crippen molar-refractivity contribution in [2.24, 2.45) is 5.41 Å². The summed E-state index contributed by atoms with van der Waals surface area (Å²) in [6, 6.07) is 14.3. The fourth-order valence-electron chi connectivity index (χ4n) is 2.24. The van der Waals surface area contributed by atoms with E-state index in [-0.39, 0.29) is 0 Å². The van der Waals surface area contributed by atoms with Gasteiger partial charge in [0.2, 0.25) is 11.8 Å². The van der Waals surface area contributed by atoms with E-state index in [9.17, 15) is 9.59 Å². The van der Waals surface area contributed by atoms with E-state index in [1.54, 1.807) is 44.2 Å². The standard InChI is InChI=1S/C20H21N3O2/c1-13-8-7-11-16(14(13)2)22-18(24)20(3,4)19(25)23-17-10-6-5-9-15(17)12-21/h5-11H,1-4H3,(H,22,24)(H,23,25). The lowest BCUT2D eigenvalue weighted by Gasteiger charge is -2.23. The average molecular weight is 335 g/mol. The molecule has 0 saturated carbocycles. The Labute approximate surface area is 147 Å². The molecule has 0 aliphatic rings. The van der Waals surface area contributed by atoms with E-state index in [0.29, 0.717) is 16.9 Å². The van der Waals surface area contributed by atoms with Crippen molar-refractivity contribution >= 4 is 23.2 Å². The fraction of sp³-hybridized carbons (Fsp3) is 0.250. The highest BCUT2D eigenvalue weighted by atomic mass is 16.2. The van der Waals surface area contributed by atoms with E-state index >= 15 is 0 Å². The lowest BCUT2D eigenvalue weighted by Crippen LogP contribution is -2.41. The molecule has 5 nitrogen and oxygen atoms in total. The second-order valence-corrected chi connectivity index (χ2v) is 6.44. The van der Waals surface area contributed by atoms with Crippen LogP contribution < -0.4 is 10.6 Å². The number of rotatable bonds is 4. The predicted octanol–water partition coefficient (Wildman–Crippen LogP) is 3.78. The van der Waals surface area contributed by atoms with Crippen molar-refractivity contribution in [3.8, 4) is 6.07 Å². The number of para-hydroxylation sites is 1. The lowest BCUT2D eigenvalue weighted by atomic mass is 9.90. The summed E-state index contributed by atoms with van der Waals surface area (Å²) in [5.74, 6) is -0.883. The SMILES string of the molecule is Cc1cccc(NC(=O)C(C)(C)C(=O)Nc2ccccc2C#N)c1C. The van der Waals surface area contributed by atoms with Crippen LogP contribution in [-0.4, -0.2) is 11.8 Å². The van der Waals surface area contributed by atoms with E-state index in [1.807, 2.05) is 32.0 Å². The van der Waals surface area contributed by atoms with Crippen LogP contribution in [0.2, 0.25) is 0 Å². The number of benzene rings is 2. The van der Waals surface area contributed by atoms with Crippen LogP contribution in [0.25, 0.3) is 0 Å². The van der Waals surface area contributed by atoms with Crippen LogP contribution in [0.4, 0.5) is 11.4 Å². The first-order valence-electron chi connectivity index (χ1n) is 7.95. The quantitative estimate of drug-likeness (QED) is 0.834. The average Bonchev–Trinajstić information content (AvgIpc) is 2.59. The van der Waals surface area contributed by atoms with Crippen LogP contribution in [0, 0.1) is 30.6 Å². The van der Waals surface area contributed by atoms with Crippen molar-refractivity contribution in [2.75, 3.05) is 10.6 Å². The van der Waals surface area contributed by atoms with Gasteiger partial charge >= 0.3 is 0 Å². The second kappa shape index (κ2) is 7.18. The molecule has 0 fully saturated rings. The molecule has 0 aliphatic heterocycles. The van der Waals surface area contributed by atoms with Gasteiger partial charge in [-0.05, 0) is 57.0 Å². The summed E-state index contributed by atoms with van der Waals surface area (Å²) in [7, 11) is 0. The highest BCUT2D eigenvalue weighted by Gasteiger charge is 2.36. The molecule has 2 N–H and O–H groups in total. The summed E-state index contributed by atoms with van der Waals surface area (Å²) in [6.07, 6.45) is 0. The summed E-state index contributed by atoms with van der Waals surface area (Å²) in [5.41, 5.74) is 2.14. The van der Waals surface area contributed by atoms with Gasteiger partial charge in [-0.2, -0.15) is 5.26 Å². The minimum Gasteiger partial charge on any atom is -0.325 e. The first-order valence-corrected chi connectivity index (χ1v) is 7.95. The highest BCUT2D eigenvalue weighted by Crippen LogP contribution is 2.25. The molecule has 0 heterocycles. The van der Waals surface area contributed by atoms with Crippen molar-refractivity contribution in [1.82, 2.24) is 0 Å². The number of nitrogens with one attached hydrogen (secondary N) is 2. The van der Waals surface area contributed by atoms with Gasteiger partial charge in [0.05, 0.1) is 11.3 Å². The summed E-state index contributed by atoms with van der Waals surface area (Å²) in [4.78, 5) is 25.3. The van der Waals surface area contributed by atoms with E-state index in [0.717, 1.165) is 11.1 Å². The minimum absolute atomic E-state index is 0.349. The zero-order chi connectivity index (χ0) is 18.6.